The van der Waals surface area contributed by atoms with Crippen LogP contribution in [0, 0.1) is 11.7 Å². The first-order valence-corrected chi connectivity index (χ1v) is 7.25. The van der Waals surface area contributed by atoms with Crippen molar-refractivity contribution >= 4 is 15.9 Å². The third kappa shape index (κ3) is 3.53. The third-order valence-corrected chi connectivity index (χ3v) is 3.95. The van der Waals surface area contributed by atoms with Gasteiger partial charge in [-0.1, -0.05) is 28.9 Å². The van der Waals surface area contributed by atoms with Gasteiger partial charge in [-0.15, -0.1) is 0 Å². The standard InChI is InChI=1S/C14H19BrFNO/c1-2-17-14(11-5-6-18-9-11)7-10-3-4-12(15)8-13(10)16/h3-4,8,11,14,17H,2,5-7,9H2,1H3. The van der Waals surface area contributed by atoms with E-state index in [0.717, 1.165) is 42.6 Å². The van der Waals surface area contributed by atoms with Crippen molar-refractivity contribution in [2.45, 2.75) is 25.8 Å². The van der Waals surface area contributed by atoms with E-state index in [2.05, 4.69) is 28.2 Å². The second-order valence-corrected chi connectivity index (χ2v) is 5.64. The van der Waals surface area contributed by atoms with Gasteiger partial charge in [0.15, 0.2) is 0 Å². The topological polar surface area (TPSA) is 21.3 Å². The number of ether oxygens (including phenoxy) is 1. The number of nitrogens with one attached hydrogen (secondary N) is 1. The molecule has 1 heterocycles. The van der Waals surface area contributed by atoms with Crippen LogP contribution in [0.15, 0.2) is 22.7 Å². The molecule has 1 aliphatic rings. The maximum absolute atomic E-state index is 13.8. The Morgan fingerprint density at radius 2 is 2.39 bits per heavy atom. The predicted octanol–water partition coefficient (Wildman–Crippen LogP) is 3.15. The molecule has 1 N–H and O–H groups in total. The molecule has 18 heavy (non-hydrogen) atoms. The lowest BCUT2D eigenvalue weighted by Gasteiger charge is -2.23. The molecule has 1 aromatic rings. The summed E-state index contributed by atoms with van der Waals surface area (Å²) in [7, 11) is 0. The molecule has 2 atom stereocenters. The van der Waals surface area contributed by atoms with Gasteiger partial charge in [-0.05, 0) is 37.1 Å². The summed E-state index contributed by atoms with van der Waals surface area (Å²) >= 11 is 3.28. The summed E-state index contributed by atoms with van der Waals surface area (Å²) in [6, 6.07) is 5.59. The molecule has 0 saturated carbocycles. The van der Waals surface area contributed by atoms with Gasteiger partial charge in [0.25, 0.3) is 0 Å². The first kappa shape index (κ1) is 14.0. The number of benzene rings is 1. The molecule has 2 unspecified atom stereocenters. The van der Waals surface area contributed by atoms with Gasteiger partial charge in [-0.2, -0.15) is 0 Å². The Morgan fingerprint density at radius 1 is 1.56 bits per heavy atom. The van der Waals surface area contributed by atoms with Crippen molar-refractivity contribution in [1.82, 2.24) is 5.32 Å². The van der Waals surface area contributed by atoms with Crippen molar-refractivity contribution in [2.24, 2.45) is 5.92 Å². The van der Waals surface area contributed by atoms with E-state index in [-0.39, 0.29) is 5.82 Å². The van der Waals surface area contributed by atoms with Crippen LogP contribution in [0.2, 0.25) is 0 Å². The fourth-order valence-corrected chi connectivity index (χ4v) is 2.80. The predicted molar refractivity (Wildman–Crippen MR) is 74.2 cm³/mol. The van der Waals surface area contributed by atoms with Crippen LogP contribution in [0.3, 0.4) is 0 Å². The average molecular weight is 316 g/mol. The lowest BCUT2D eigenvalue weighted by molar-refractivity contribution is 0.176. The molecule has 100 valence electrons. The van der Waals surface area contributed by atoms with Crippen molar-refractivity contribution in [3.8, 4) is 0 Å². The number of likely N-dealkylation sites (N-methyl/N-ethyl adjacent to an activating group) is 1. The van der Waals surface area contributed by atoms with Crippen molar-refractivity contribution in [3.63, 3.8) is 0 Å². The molecule has 0 aromatic heterocycles. The summed E-state index contributed by atoms with van der Waals surface area (Å²) in [5, 5.41) is 3.46. The van der Waals surface area contributed by atoms with Crippen LogP contribution in [0.5, 0.6) is 0 Å². The maximum Gasteiger partial charge on any atom is 0.127 e. The molecule has 1 aliphatic heterocycles. The minimum absolute atomic E-state index is 0.133. The van der Waals surface area contributed by atoms with E-state index < -0.39 is 0 Å². The van der Waals surface area contributed by atoms with Crippen LogP contribution in [0.25, 0.3) is 0 Å². The normalized spacial score (nSPS) is 21.2. The Morgan fingerprint density at radius 3 is 3.00 bits per heavy atom. The van der Waals surface area contributed by atoms with Gasteiger partial charge in [0.05, 0.1) is 6.61 Å². The Bertz CT molecular complexity index is 393. The summed E-state index contributed by atoms with van der Waals surface area (Å²) in [4.78, 5) is 0. The zero-order chi connectivity index (χ0) is 13.0. The molecule has 1 saturated heterocycles. The number of hydrogen-bond acceptors (Lipinski definition) is 2. The van der Waals surface area contributed by atoms with Gasteiger partial charge >= 0.3 is 0 Å². The smallest absolute Gasteiger partial charge is 0.127 e. The summed E-state index contributed by atoms with van der Waals surface area (Å²) in [5.41, 5.74) is 0.774. The van der Waals surface area contributed by atoms with Crippen molar-refractivity contribution in [1.29, 1.82) is 0 Å². The molecular formula is C14H19BrFNO. The summed E-state index contributed by atoms with van der Waals surface area (Å²) in [5.74, 6) is 0.360. The van der Waals surface area contributed by atoms with Gasteiger partial charge in [-0.25, -0.2) is 4.39 Å². The second kappa shape index (κ2) is 6.64. The van der Waals surface area contributed by atoms with E-state index in [4.69, 9.17) is 4.74 Å². The minimum atomic E-state index is -0.133. The fourth-order valence-electron chi connectivity index (χ4n) is 2.46. The summed E-state index contributed by atoms with van der Waals surface area (Å²) in [6.45, 7) is 4.60. The maximum atomic E-state index is 13.8. The molecular weight excluding hydrogens is 297 g/mol. The molecule has 0 amide bonds. The quantitative estimate of drug-likeness (QED) is 0.901. The van der Waals surface area contributed by atoms with Crippen LogP contribution in [0.1, 0.15) is 18.9 Å². The van der Waals surface area contributed by atoms with E-state index >= 15 is 0 Å². The van der Waals surface area contributed by atoms with Gasteiger partial charge in [0, 0.05) is 23.0 Å². The first-order chi connectivity index (χ1) is 8.70. The highest BCUT2D eigenvalue weighted by Crippen LogP contribution is 2.22. The SMILES string of the molecule is CCNC(Cc1ccc(Br)cc1F)C1CCOC1. The summed E-state index contributed by atoms with van der Waals surface area (Å²) < 4.78 is 20.1. The summed E-state index contributed by atoms with van der Waals surface area (Å²) in [6.07, 6.45) is 1.79. The van der Waals surface area contributed by atoms with E-state index in [0.29, 0.717) is 12.0 Å². The molecule has 2 nitrogen and oxygen atoms in total. The fraction of sp³-hybridized carbons (Fsp3) is 0.571. The number of rotatable bonds is 5. The molecule has 0 bridgehead atoms. The number of halogens is 2. The van der Waals surface area contributed by atoms with Crippen LogP contribution in [-0.4, -0.2) is 25.8 Å². The number of hydrogen-bond donors (Lipinski definition) is 1. The lowest BCUT2D eigenvalue weighted by atomic mass is 9.92. The highest BCUT2D eigenvalue weighted by molar-refractivity contribution is 9.10. The van der Waals surface area contributed by atoms with Crippen LogP contribution in [0.4, 0.5) is 4.39 Å². The largest absolute Gasteiger partial charge is 0.381 e. The Balaban J connectivity index is 2.07. The molecule has 2 rings (SSSR count). The van der Waals surface area contributed by atoms with E-state index in [9.17, 15) is 4.39 Å². The van der Waals surface area contributed by atoms with Gasteiger partial charge in [0.1, 0.15) is 5.82 Å². The molecule has 0 radical (unpaired) electrons. The highest BCUT2D eigenvalue weighted by atomic mass is 79.9. The van der Waals surface area contributed by atoms with Crippen molar-refractivity contribution in [2.75, 3.05) is 19.8 Å². The zero-order valence-corrected chi connectivity index (χ0v) is 12.2. The molecule has 0 spiro atoms. The second-order valence-electron chi connectivity index (χ2n) is 4.73. The Hall–Kier alpha value is -0.450. The Kier molecular flexibility index (Phi) is 5.15. The molecule has 1 fully saturated rings. The molecule has 1 aromatic carbocycles. The van der Waals surface area contributed by atoms with E-state index in [1.54, 1.807) is 0 Å². The molecule has 0 aliphatic carbocycles. The first-order valence-electron chi connectivity index (χ1n) is 6.45. The van der Waals surface area contributed by atoms with E-state index in [1.165, 1.54) is 6.07 Å². The van der Waals surface area contributed by atoms with Crippen molar-refractivity contribution < 1.29 is 9.13 Å². The van der Waals surface area contributed by atoms with Gasteiger partial charge < -0.3 is 10.1 Å². The van der Waals surface area contributed by atoms with Crippen molar-refractivity contribution in [3.05, 3.63) is 34.1 Å². The van der Waals surface area contributed by atoms with Crippen LogP contribution in [-0.2, 0) is 11.2 Å². The van der Waals surface area contributed by atoms with Crippen LogP contribution < -0.4 is 5.32 Å². The average Bonchev–Trinajstić information content (AvgIpc) is 2.85. The molecule has 4 heteroatoms. The highest BCUT2D eigenvalue weighted by Gasteiger charge is 2.25. The van der Waals surface area contributed by atoms with Gasteiger partial charge in [0.2, 0.25) is 0 Å². The van der Waals surface area contributed by atoms with E-state index in [1.807, 2.05) is 12.1 Å². The lowest BCUT2D eigenvalue weighted by Crippen LogP contribution is -2.38. The van der Waals surface area contributed by atoms with Gasteiger partial charge in [-0.3, -0.25) is 0 Å². The monoisotopic (exact) mass is 315 g/mol. The third-order valence-electron chi connectivity index (χ3n) is 3.46. The van der Waals surface area contributed by atoms with Crippen LogP contribution >= 0.6 is 15.9 Å². The minimum Gasteiger partial charge on any atom is -0.381 e. The Labute approximate surface area is 116 Å². The zero-order valence-electron chi connectivity index (χ0n) is 10.6.